The van der Waals surface area contributed by atoms with E-state index in [1.54, 1.807) is 12.1 Å². The molecule has 0 saturated carbocycles. The number of aromatic nitrogens is 1. The second-order valence-corrected chi connectivity index (χ2v) is 7.29. The largest absolute Gasteiger partial charge is 0.465 e. The molecule has 2 atom stereocenters. The first-order valence-electron chi connectivity index (χ1n) is 9.16. The quantitative estimate of drug-likeness (QED) is 0.795. The first-order chi connectivity index (χ1) is 13.7. The van der Waals surface area contributed by atoms with E-state index in [1.165, 1.54) is 23.2 Å². The van der Waals surface area contributed by atoms with Gasteiger partial charge in [0.1, 0.15) is 5.54 Å². The van der Waals surface area contributed by atoms with Crippen LogP contribution in [0.5, 0.6) is 0 Å². The minimum atomic E-state index is -4.41. The summed E-state index contributed by atoms with van der Waals surface area (Å²) in [6.45, 7) is 0.425. The van der Waals surface area contributed by atoms with Crippen molar-refractivity contribution in [2.45, 2.75) is 37.0 Å². The fourth-order valence-electron chi connectivity index (χ4n) is 4.31. The zero-order chi connectivity index (χ0) is 20.8. The molecule has 2 amide bonds. The first-order valence-corrected chi connectivity index (χ1v) is 9.16. The van der Waals surface area contributed by atoms with Gasteiger partial charge in [0.25, 0.3) is 0 Å². The van der Waals surface area contributed by atoms with E-state index >= 15 is 0 Å². The molecule has 1 aromatic carbocycles. The van der Waals surface area contributed by atoms with Crippen LogP contribution in [-0.4, -0.2) is 39.1 Å². The van der Waals surface area contributed by atoms with Crippen molar-refractivity contribution in [3.05, 3.63) is 53.9 Å². The Kier molecular flexibility index (Phi) is 4.48. The van der Waals surface area contributed by atoms with Gasteiger partial charge in [-0.05, 0) is 54.7 Å². The highest BCUT2D eigenvalue weighted by Gasteiger charge is 2.56. The third-order valence-corrected chi connectivity index (χ3v) is 5.73. The van der Waals surface area contributed by atoms with Crippen molar-refractivity contribution in [3.8, 4) is 11.1 Å². The summed E-state index contributed by atoms with van der Waals surface area (Å²) < 4.78 is 38.3. The number of pyridine rings is 1. The Hall–Kier alpha value is -3.10. The molecule has 29 heavy (non-hydrogen) atoms. The van der Waals surface area contributed by atoms with E-state index in [4.69, 9.17) is 0 Å². The normalized spacial score (nSPS) is 24.2. The Balaban J connectivity index is 1.67. The van der Waals surface area contributed by atoms with Crippen LogP contribution in [0.2, 0.25) is 0 Å². The molecule has 1 spiro atoms. The summed E-state index contributed by atoms with van der Waals surface area (Å²) in [5, 5.41) is 12.5. The summed E-state index contributed by atoms with van der Waals surface area (Å²) in [5.74, 6) is -0.290. The molecule has 0 unspecified atom stereocenters. The number of nitrogens with zero attached hydrogens (tertiary/aromatic N) is 2. The Labute approximate surface area is 164 Å². The molecule has 0 bridgehead atoms. The molecule has 2 aliphatic heterocycles. The highest BCUT2D eigenvalue weighted by molar-refractivity contribution is 5.92. The van der Waals surface area contributed by atoms with Gasteiger partial charge in [0.2, 0.25) is 5.91 Å². The molecular weight excluding hydrogens is 387 g/mol. The number of hydrogen-bond donors (Lipinski definition) is 2. The number of likely N-dealkylation sites (tertiary alicyclic amines) is 1. The third-order valence-electron chi connectivity index (χ3n) is 5.73. The van der Waals surface area contributed by atoms with Crippen LogP contribution in [0.4, 0.5) is 18.0 Å². The number of carbonyl (C=O) groups is 2. The van der Waals surface area contributed by atoms with Crippen LogP contribution in [0.1, 0.15) is 36.6 Å². The van der Waals surface area contributed by atoms with Gasteiger partial charge in [-0.3, -0.25) is 14.7 Å². The lowest BCUT2D eigenvalue weighted by Gasteiger charge is -2.33. The summed E-state index contributed by atoms with van der Waals surface area (Å²) >= 11 is 0. The Morgan fingerprint density at radius 1 is 1.17 bits per heavy atom. The minimum Gasteiger partial charge on any atom is -0.465 e. The van der Waals surface area contributed by atoms with E-state index in [0.717, 1.165) is 12.1 Å². The van der Waals surface area contributed by atoms with Crippen LogP contribution in [0.3, 0.4) is 0 Å². The van der Waals surface area contributed by atoms with Crippen LogP contribution in [0, 0.1) is 0 Å². The number of alkyl halides is 3. The fraction of sp³-hybridized carbons (Fsp3) is 0.350. The SMILES string of the molecule is O=C(O)N1[C@H](c2cc(-c3ccc(C(F)(F)F)cc3)ccn2)CC[C@@]12CCNC2=O. The monoisotopic (exact) mass is 405 g/mol. The molecule has 3 heterocycles. The minimum absolute atomic E-state index is 0.290. The summed E-state index contributed by atoms with van der Waals surface area (Å²) in [5.41, 5.74) is -0.151. The molecule has 0 aliphatic carbocycles. The van der Waals surface area contributed by atoms with Crippen molar-refractivity contribution in [2.75, 3.05) is 6.54 Å². The van der Waals surface area contributed by atoms with E-state index in [-0.39, 0.29) is 5.91 Å². The molecular formula is C20H18F3N3O3. The van der Waals surface area contributed by atoms with Gasteiger partial charge < -0.3 is 10.4 Å². The highest BCUT2D eigenvalue weighted by atomic mass is 19.4. The predicted molar refractivity (Wildman–Crippen MR) is 96.9 cm³/mol. The summed E-state index contributed by atoms with van der Waals surface area (Å²) in [6.07, 6.45) is -2.84. The number of benzene rings is 1. The topological polar surface area (TPSA) is 82.5 Å². The lowest BCUT2D eigenvalue weighted by molar-refractivity contribution is -0.137. The second-order valence-electron chi connectivity index (χ2n) is 7.29. The molecule has 152 valence electrons. The van der Waals surface area contributed by atoms with E-state index < -0.39 is 29.4 Å². The fourth-order valence-corrected chi connectivity index (χ4v) is 4.31. The number of carboxylic acid groups (broad SMARTS) is 1. The maximum absolute atomic E-state index is 12.8. The van der Waals surface area contributed by atoms with Gasteiger partial charge in [0.15, 0.2) is 0 Å². The average Bonchev–Trinajstić information content (AvgIpc) is 3.25. The number of hydrogen-bond acceptors (Lipinski definition) is 3. The lowest BCUT2D eigenvalue weighted by Crippen LogP contribution is -2.52. The van der Waals surface area contributed by atoms with Crippen molar-refractivity contribution in [1.29, 1.82) is 0 Å². The van der Waals surface area contributed by atoms with Crippen LogP contribution >= 0.6 is 0 Å². The Morgan fingerprint density at radius 3 is 2.48 bits per heavy atom. The summed E-state index contributed by atoms with van der Waals surface area (Å²) in [4.78, 5) is 29.8. The third kappa shape index (κ3) is 3.20. The highest BCUT2D eigenvalue weighted by Crippen LogP contribution is 2.46. The van der Waals surface area contributed by atoms with Crippen LogP contribution < -0.4 is 5.32 Å². The van der Waals surface area contributed by atoms with Gasteiger partial charge >= 0.3 is 12.3 Å². The molecule has 2 aromatic rings. The number of amides is 2. The predicted octanol–water partition coefficient (Wildman–Crippen LogP) is 3.84. The van der Waals surface area contributed by atoms with Crippen molar-refractivity contribution in [1.82, 2.24) is 15.2 Å². The summed E-state index contributed by atoms with van der Waals surface area (Å²) in [6, 6.07) is 7.50. The Morgan fingerprint density at radius 2 is 1.90 bits per heavy atom. The molecule has 9 heteroatoms. The zero-order valence-corrected chi connectivity index (χ0v) is 15.2. The molecule has 2 N–H and O–H groups in total. The molecule has 2 saturated heterocycles. The van der Waals surface area contributed by atoms with Crippen molar-refractivity contribution in [3.63, 3.8) is 0 Å². The second kappa shape index (κ2) is 6.75. The van der Waals surface area contributed by atoms with Crippen molar-refractivity contribution < 1.29 is 27.9 Å². The lowest BCUT2D eigenvalue weighted by atomic mass is 9.95. The smallest absolute Gasteiger partial charge is 0.416 e. The van der Waals surface area contributed by atoms with E-state index in [1.807, 2.05) is 0 Å². The maximum Gasteiger partial charge on any atom is 0.416 e. The standard InChI is InChI=1S/C20H18F3N3O3/c21-20(22,23)14-3-1-12(2-4-14)13-6-9-24-15(11-13)16-5-7-19(26(16)18(28)29)8-10-25-17(19)27/h1-4,6,9,11,16H,5,7-8,10H2,(H,25,27)(H,28,29)/t16-,19-/m0/s1. The molecule has 6 nitrogen and oxygen atoms in total. The molecule has 0 radical (unpaired) electrons. The van der Waals surface area contributed by atoms with Gasteiger partial charge in [0, 0.05) is 12.7 Å². The van der Waals surface area contributed by atoms with Crippen LogP contribution in [-0.2, 0) is 11.0 Å². The van der Waals surface area contributed by atoms with Gasteiger partial charge in [-0.15, -0.1) is 0 Å². The van der Waals surface area contributed by atoms with E-state index in [0.29, 0.717) is 42.6 Å². The van der Waals surface area contributed by atoms with Crippen molar-refractivity contribution >= 4 is 12.0 Å². The Bertz CT molecular complexity index is 961. The average molecular weight is 405 g/mol. The molecule has 2 aliphatic rings. The van der Waals surface area contributed by atoms with E-state index in [2.05, 4.69) is 10.3 Å². The number of nitrogens with one attached hydrogen (secondary N) is 1. The van der Waals surface area contributed by atoms with Gasteiger partial charge in [-0.1, -0.05) is 12.1 Å². The van der Waals surface area contributed by atoms with Crippen molar-refractivity contribution in [2.24, 2.45) is 0 Å². The number of rotatable bonds is 2. The first kappa shape index (κ1) is 19.2. The van der Waals surface area contributed by atoms with Crippen LogP contribution in [0.25, 0.3) is 11.1 Å². The molecule has 1 aromatic heterocycles. The van der Waals surface area contributed by atoms with Gasteiger partial charge in [-0.2, -0.15) is 13.2 Å². The van der Waals surface area contributed by atoms with Gasteiger partial charge in [-0.25, -0.2) is 4.79 Å². The maximum atomic E-state index is 12.8. The van der Waals surface area contributed by atoms with Crippen LogP contribution in [0.15, 0.2) is 42.6 Å². The van der Waals surface area contributed by atoms with Gasteiger partial charge in [0.05, 0.1) is 17.3 Å². The number of halogens is 3. The molecule has 4 rings (SSSR count). The summed E-state index contributed by atoms with van der Waals surface area (Å²) in [7, 11) is 0. The van der Waals surface area contributed by atoms with E-state index in [9.17, 15) is 27.9 Å². The number of carbonyl (C=O) groups excluding carboxylic acids is 1. The molecule has 2 fully saturated rings. The zero-order valence-electron chi connectivity index (χ0n) is 15.2.